The maximum absolute atomic E-state index is 11.6. The van der Waals surface area contributed by atoms with Gasteiger partial charge in [-0.1, -0.05) is 0 Å². The summed E-state index contributed by atoms with van der Waals surface area (Å²) in [4.78, 5) is 15.3. The summed E-state index contributed by atoms with van der Waals surface area (Å²) in [6.07, 6.45) is 6.49. The highest BCUT2D eigenvalue weighted by molar-refractivity contribution is 5.77. The molecule has 4 nitrogen and oxygen atoms in total. The molecule has 0 unspecified atom stereocenters. The Kier molecular flexibility index (Phi) is 5.60. The lowest BCUT2D eigenvalue weighted by atomic mass is 9.79. The van der Waals surface area contributed by atoms with Crippen molar-refractivity contribution in [3.05, 3.63) is 11.8 Å². The average molecular weight is 236 g/mol. The predicted octanol–water partition coefficient (Wildman–Crippen LogP) is 2.59. The number of hydrogen-bond acceptors (Lipinski definition) is 4. The van der Waals surface area contributed by atoms with Gasteiger partial charge in [0.15, 0.2) is 0 Å². The summed E-state index contributed by atoms with van der Waals surface area (Å²) >= 11 is 0. The zero-order chi connectivity index (χ0) is 12.7. The Bertz CT molecular complexity index is 315. The molecule has 0 aliphatic heterocycles. The van der Waals surface area contributed by atoms with E-state index >= 15 is 0 Å². The van der Waals surface area contributed by atoms with Crippen LogP contribution < -0.4 is 0 Å². The minimum absolute atomic E-state index is 0.0369. The molecule has 0 saturated heterocycles. The van der Waals surface area contributed by atoms with E-state index in [0.29, 0.717) is 12.5 Å². The van der Waals surface area contributed by atoms with Crippen molar-refractivity contribution in [2.24, 2.45) is 16.8 Å². The van der Waals surface area contributed by atoms with Crippen molar-refractivity contribution < 1.29 is 9.53 Å². The van der Waals surface area contributed by atoms with Crippen LogP contribution in [0, 0.1) is 17.2 Å². The second kappa shape index (κ2) is 6.99. The molecule has 0 amide bonds. The third-order valence-corrected chi connectivity index (χ3v) is 3.23. The SMILES string of the molecule is C=N/C=C(\C=N)C1CCC(C(=O)OCC)CC1. The number of allylic oxidation sites excluding steroid dienone is 1. The minimum Gasteiger partial charge on any atom is -0.466 e. The van der Waals surface area contributed by atoms with Crippen LogP contribution in [-0.4, -0.2) is 25.5 Å². The largest absolute Gasteiger partial charge is 0.466 e. The van der Waals surface area contributed by atoms with Crippen molar-refractivity contribution in [3.63, 3.8) is 0 Å². The highest BCUT2D eigenvalue weighted by atomic mass is 16.5. The van der Waals surface area contributed by atoms with Gasteiger partial charge in [-0.15, -0.1) is 0 Å². The third kappa shape index (κ3) is 3.80. The van der Waals surface area contributed by atoms with Crippen LogP contribution in [0.2, 0.25) is 0 Å². The number of esters is 1. The van der Waals surface area contributed by atoms with Crippen molar-refractivity contribution in [1.82, 2.24) is 0 Å². The van der Waals surface area contributed by atoms with E-state index in [1.54, 1.807) is 6.20 Å². The molecule has 0 atom stereocenters. The Balaban J connectivity index is 2.50. The van der Waals surface area contributed by atoms with Gasteiger partial charge in [0.2, 0.25) is 0 Å². The van der Waals surface area contributed by atoms with Crippen LogP contribution in [0.3, 0.4) is 0 Å². The maximum atomic E-state index is 11.6. The lowest BCUT2D eigenvalue weighted by molar-refractivity contribution is -0.149. The Morgan fingerprint density at radius 3 is 2.47 bits per heavy atom. The number of nitrogens with one attached hydrogen (secondary N) is 1. The quantitative estimate of drug-likeness (QED) is 0.589. The van der Waals surface area contributed by atoms with Crippen molar-refractivity contribution in [1.29, 1.82) is 5.41 Å². The van der Waals surface area contributed by atoms with E-state index in [-0.39, 0.29) is 11.9 Å². The van der Waals surface area contributed by atoms with Gasteiger partial charge in [0.25, 0.3) is 0 Å². The summed E-state index contributed by atoms with van der Waals surface area (Å²) in [6, 6.07) is 0. The maximum Gasteiger partial charge on any atom is 0.308 e. The summed E-state index contributed by atoms with van der Waals surface area (Å²) in [5.74, 6) is 0.298. The Morgan fingerprint density at radius 2 is 2.00 bits per heavy atom. The first kappa shape index (κ1) is 13.6. The first-order valence-corrected chi connectivity index (χ1v) is 6.05. The van der Waals surface area contributed by atoms with E-state index < -0.39 is 0 Å². The van der Waals surface area contributed by atoms with E-state index in [1.807, 2.05) is 6.92 Å². The highest BCUT2D eigenvalue weighted by Crippen LogP contribution is 2.33. The molecule has 0 radical (unpaired) electrons. The Labute approximate surface area is 102 Å². The van der Waals surface area contributed by atoms with Gasteiger partial charge < -0.3 is 10.1 Å². The van der Waals surface area contributed by atoms with Gasteiger partial charge in [0.05, 0.1) is 12.5 Å². The summed E-state index contributed by atoms with van der Waals surface area (Å²) < 4.78 is 5.02. The van der Waals surface area contributed by atoms with E-state index in [1.165, 1.54) is 6.21 Å². The summed E-state index contributed by atoms with van der Waals surface area (Å²) in [5.41, 5.74) is 0.905. The van der Waals surface area contributed by atoms with Crippen LogP contribution >= 0.6 is 0 Å². The van der Waals surface area contributed by atoms with Gasteiger partial charge in [-0.3, -0.25) is 9.79 Å². The number of nitrogens with zero attached hydrogens (tertiary/aromatic N) is 1. The lowest BCUT2D eigenvalue weighted by Gasteiger charge is -2.27. The van der Waals surface area contributed by atoms with Gasteiger partial charge in [0.1, 0.15) is 0 Å². The Hall–Kier alpha value is -1.45. The van der Waals surface area contributed by atoms with Gasteiger partial charge in [-0.2, -0.15) is 0 Å². The van der Waals surface area contributed by atoms with E-state index in [2.05, 4.69) is 11.7 Å². The molecular weight excluding hydrogens is 216 g/mol. The van der Waals surface area contributed by atoms with Gasteiger partial charge >= 0.3 is 5.97 Å². The lowest BCUT2D eigenvalue weighted by Crippen LogP contribution is -2.24. The molecule has 4 heteroatoms. The molecule has 0 heterocycles. The van der Waals surface area contributed by atoms with Crippen molar-refractivity contribution >= 4 is 18.9 Å². The first-order chi connectivity index (χ1) is 8.22. The molecule has 1 aliphatic carbocycles. The molecule has 1 fully saturated rings. The fourth-order valence-electron chi connectivity index (χ4n) is 2.29. The molecule has 0 aromatic rings. The molecule has 1 N–H and O–H groups in total. The van der Waals surface area contributed by atoms with Gasteiger partial charge in [0, 0.05) is 12.4 Å². The fourth-order valence-corrected chi connectivity index (χ4v) is 2.29. The molecular formula is C13H20N2O2. The molecule has 17 heavy (non-hydrogen) atoms. The number of aliphatic imine (C=N–C) groups is 1. The molecule has 1 rings (SSSR count). The van der Waals surface area contributed by atoms with E-state index in [4.69, 9.17) is 10.1 Å². The smallest absolute Gasteiger partial charge is 0.308 e. The number of rotatable bonds is 5. The monoisotopic (exact) mass is 236 g/mol. The van der Waals surface area contributed by atoms with Crippen molar-refractivity contribution in [2.75, 3.05) is 6.61 Å². The molecule has 0 bridgehead atoms. The number of ether oxygens (including phenoxy) is 1. The molecule has 94 valence electrons. The molecule has 0 aromatic heterocycles. The standard InChI is InChI=1S/C13H20N2O2/c1-3-17-13(16)11-6-4-10(5-7-11)12(8-14)9-15-2/h8-11,14H,2-7H2,1H3/b12-9+,14-8?. The molecule has 0 spiro atoms. The van der Waals surface area contributed by atoms with Gasteiger partial charge in [-0.25, -0.2) is 0 Å². The summed E-state index contributed by atoms with van der Waals surface area (Å²) in [5, 5.41) is 7.33. The average Bonchev–Trinajstić information content (AvgIpc) is 2.36. The predicted molar refractivity (Wildman–Crippen MR) is 68.5 cm³/mol. The number of carbonyl (C=O) groups is 1. The van der Waals surface area contributed by atoms with Crippen LogP contribution in [0.4, 0.5) is 0 Å². The third-order valence-electron chi connectivity index (χ3n) is 3.23. The van der Waals surface area contributed by atoms with Crippen LogP contribution in [0.5, 0.6) is 0 Å². The van der Waals surface area contributed by atoms with E-state index in [0.717, 1.165) is 31.3 Å². The number of carbonyl (C=O) groups excluding carboxylic acids is 1. The minimum atomic E-state index is -0.0758. The first-order valence-electron chi connectivity index (χ1n) is 6.05. The van der Waals surface area contributed by atoms with Crippen LogP contribution in [0.1, 0.15) is 32.6 Å². The highest BCUT2D eigenvalue weighted by Gasteiger charge is 2.28. The zero-order valence-electron chi connectivity index (χ0n) is 10.3. The molecule has 1 aliphatic rings. The Morgan fingerprint density at radius 1 is 1.41 bits per heavy atom. The van der Waals surface area contributed by atoms with Crippen molar-refractivity contribution in [2.45, 2.75) is 32.6 Å². The molecule has 1 saturated carbocycles. The van der Waals surface area contributed by atoms with Crippen molar-refractivity contribution in [3.8, 4) is 0 Å². The normalized spacial score (nSPS) is 25.1. The number of hydrogen-bond donors (Lipinski definition) is 1. The van der Waals surface area contributed by atoms with Crippen LogP contribution in [-0.2, 0) is 9.53 Å². The van der Waals surface area contributed by atoms with Crippen LogP contribution in [0.25, 0.3) is 0 Å². The second-order valence-corrected chi connectivity index (χ2v) is 4.26. The fraction of sp³-hybridized carbons (Fsp3) is 0.615. The van der Waals surface area contributed by atoms with Gasteiger partial charge in [-0.05, 0) is 50.8 Å². The van der Waals surface area contributed by atoms with Crippen LogP contribution in [0.15, 0.2) is 16.8 Å². The van der Waals surface area contributed by atoms with E-state index in [9.17, 15) is 4.79 Å². The molecule has 0 aromatic carbocycles. The second-order valence-electron chi connectivity index (χ2n) is 4.26. The summed E-state index contributed by atoms with van der Waals surface area (Å²) in [6.45, 7) is 5.68. The summed E-state index contributed by atoms with van der Waals surface area (Å²) in [7, 11) is 0. The zero-order valence-corrected chi connectivity index (χ0v) is 10.3. The topological polar surface area (TPSA) is 62.5 Å².